The molecule has 3 aromatic rings. The third-order valence-corrected chi connectivity index (χ3v) is 5.93. The van der Waals surface area contributed by atoms with Crippen molar-refractivity contribution >= 4 is 40.6 Å². The van der Waals surface area contributed by atoms with E-state index in [1.807, 2.05) is 19.1 Å². The molecule has 1 aliphatic heterocycles. The molecule has 2 amide bonds. The van der Waals surface area contributed by atoms with Gasteiger partial charge in [-0.3, -0.25) is 9.59 Å². The molecule has 0 aliphatic carbocycles. The van der Waals surface area contributed by atoms with Crippen molar-refractivity contribution in [1.29, 1.82) is 0 Å². The maximum atomic E-state index is 12.9. The fourth-order valence-corrected chi connectivity index (χ4v) is 3.90. The number of aromatic nitrogens is 2. The number of nitrogens with one attached hydrogen (secondary N) is 2. The van der Waals surface area contributed by atoms with E-state index >= 15 is 0 Å². The van der Waals surface area contributed by atoms with E-state index < -0.39 is 0 Å². The second kappa shape index (κ2) is 10.6. The van der Waals surface area contributed by atoms with Crippen LogP contribution in [0.5, 0.6) is 0 Å². The molecule has 0 radical (unpaired) electrons. The first kappa shape index (κ1) is 23.7. The topological polar surface area (TPSA) is 90.5 Å². The molecule has 1 aromatic carbocycles. The molecular weight excluding hydrogens is 452 g/mol. The SMILES string of the molecule is Cc1ccc(NC(=O)c2ccc(N3CCCN(C)CC3)cn2)c(C(=O)Nc2ccc(Cl)cn2)c1. The molecule has 1 saturated heterocycles. The van der Waals surface area contributed by atoms with Crippen LogP contribution in [-0.2, 0) is 0 Å². The van der Waals surface area contributed by atoms with Crippen LogP contribution < -0.4 is 15.5 Å². The van der Waals surface area contributed by atoms with Crippen molar-refractivity contribution < 1.29 is 9.59 Å². The Hall–Kier alpha value is -3.49. The third-order valence-electron chi connectivity index (χ3n) is 5.70. The molecule has 0 saturated carbocycles. The van der Waals surface area contributed by atoms with Crippen molar-refractivity contribution in [1.82, 2.24) is 14.9 Å². The highest BCUT2D eigenvalue weighted by Gasteiger charge is 2.17. The summed E-state index contributed by atoms with van der Waals surface area (Å²) in [6.45, 7) is 5.83. The van der Waals surface area contributed by atoms with Crippen LogP contribution in [0.2, 0.25) is 5.02 Å². The van der Waals surface area contributed by atoms with Gasteiger partial charge >= 0.3 is 0 Å². The van der Waals surface area contributed by atoms with Gasteiger partial charge in [0.25, 0.3) is 11.8 Å². The molecule has 176 valence electrons. The number of pyridine rings is 2. The van der Waals surface area contributed by atoms with Gasteiger partial charge in [-0.1, -0.05) is 23.2 Å². The number of likely N-dealkylation sites (N-methyl/N-ethyl adjacent to an activating group) is 1. The van der Waals surface area contributed by atoms with Crippen LogP contribution in [0.25, 0.3) is 0 Å². The molecule has 0 bridgehead atoms. The molecule has 1 aliphatic rings. The zero-order chi connectivity index (χ0) is 24.1. The Morgan fingerprint density at radius 2 is 1.76 bits per heavy atom. The summed E-state index contributed by atoms with van der Waals surface area (Å²) < 4.78 is 0. The quantitative estimate of drug-likeness (QED) is 0.574. The van der Waals surface area contributed by atoms with Crippen LogP contribution in [0.15, 0.2) is 54.9 Å². The number of hydrogen-bond acceptors (Lipinski definition) is 6. The van der Waals surface area contributed by atoms with Gasteiger partial charge in [0.15, 0.2) is 0 Å². The number of aryl methyl sites for hydroxylation is 1. The van der Waals surface area contributed by atoms with Crippen LogP contribution in [0.1, 0.15) is 32.8 Å². The summed E-state index contributed by atoms with van der Waals surface area (Å²) in [5, 5.41) is 6.03. The Labute approximate surface area is 204 Å². The number of anilines is 3. The van der Waals surface area contributed by atoms with Crippen molar-refractivity contribution in [2.45, 2.75) is 13.3 Å². The molecule has 3 heterocycles. The predicted molar refractivity (Wildman–Crippen MR) is 135 cm³/mol. The Morgan fingerprint density at radius 1 is 0.912 bits per heavy atom. The molecule has 0 atom stereocenters. The van der Waals surface area contributed by atoms with Gasteiger partial charge < -0.3 is 20.4 Å². The van der Waals surface area contributed by atoms with Crippen molar-refractivity contribution in [2.75, 3.05) is 48.8 Å². The lowest BCUT2D eigenvalue weighted by molar-refractivity contribution is 0.102. The Kier molecular flexibility index (Phi) is 7.40. The lowest BCUT2D eigenvalue weighted by atomic mass is 10.1. The van der Waals surface area contributed by atoms with E-state index in [0.717, 1.165) is 43.9 Å². The van der Waals surface area contributed by atoms with Crippen molar-refractivity contribution in [2.24, 2.45) is 0 Å². The molecule has 0 spiro atoms. The van der Waals surface area contributed by atoms with Gasteiger partial charge in [0.2, 0.25) is 0 Å². The van der Waals surface area contributed by atoms with Crippen LogP contribution in [-0.4, -0.2) is 59.9 Å². The van der Waals surface area contributed by atoms with Gasteiger partial charge in [0.1, 0.15) is 11.5 Å². The lowest BCUT2D eigenvalue weighted by Gasteiger charge is -2.22. The van der Waals surface area contributed by atoms with E-state index in [9.17, 15) is 9.59 Å². The van der Waals surface area contributed by atoms with Gasteiger partial charge in [-0.15, -0.1) is 0 Å². The van der Waals surface area contributed by atoms with E-state index in [1.165, 1.54) is 6.20 Å². The Bertz CT molecular complexity index is 1170. The molecule has 8 nitrogen and oxygen atoms in total. The molecule has 0 unspecified atom stereocenters. The van der Waals surface area contributed by atoms with Crippen LogP contribution in [0, 0.1) is 6.92 Å². The number of carbonyl (C=O) groups excluding carboxylic acids is 2. The smallest absolute Gasteiger partial charge is 0.274 e. The minimum Gasteiger partial charge on any atom is -0.369 e. The first-order valence-corrected chi connectivity index (χ1v) is 11.5. The van der Waals surface area contributed by atoms with E-state index in [0.29, 0.717) is 22.1 Å². The molecule has 4 rings (SSSR count). The fraction of sp³-hybridized carbons (Fsp3) is 0.280. The third kappa shape index (κ3) is 5.89. The second-order valence-electron chi connectivity index (χ2n) is 8.36. The van der Waals surface area contributed by atoms with Crippen LogP contribution in [0.4, 0.5) is 17.2 Å². The van der Waals surface area contributed by atoms with Gasteiger partial charge in [-0.05, 0) is 63.3 Å². The van der Waals surface area contributed by atoms with Gasteiger partial charge in [0.05, 0.1) is 28.2 Å². The highest BCUT2D eigenvalue weighted by Crippen LogP contribution is 2.21. The summed E-state index contributed by atoms with van der Waals surface area (Å²) in [5.74, 6) is -0.405. The van der Waals surface area contributed by atoms with Gasteiger partial charge in [-0.25, -0.2) is 9.97 Å². The molecule has 1 fully saturated rings. The first-order valence-electron chi connectivity index (χ1n) is 11.1. The van der Waals surface area contributed by atoms with E-state index in [2.05, 4.69) is 37.4 Å². The van der Waals surface area contributed by atoms with Gasteiger partial charge in [-0.2, -0.15) is 0 Å². The Balaban J connectivity index is 1.47. The molecule has 2 aromatic heterocycles. The number of rotatable bonds is 5. The standard InChI is InChI=1S/C25H27ClN6O2/c1-17-4-7-21(20(14-17)24(33)30-23-9-5-18(26)15-28-23)29-25(34)22-8-6-19(16-27-22)32-11-3-10-31(2)12-13-32/h4-9,14-16H,3,10-13H2,1-2H3,(H,29,34)(H,28,30,33). The van der Waals surface area contributed by atoms with E-state index in [1.54, 1.807) is 36.5 Å². The fourth-order valence-electron chi connectivity index (χ4n) is 3.79. The van der Waals surface area contributed by atoms with Crippen molar-refractivity contribution in [3.63, 3.8) is 0 Å². The minimum absolute atomic E-state index is 0.280. The summed E-state index contributed by atoms with van der Waals surface area (Å²) in [6.07, 6.45) is 4.27. The first-order chi connectivity index (χ1) is 16.4. The van der Waals surface area contributed by atoms with Crippen molar-refractivity contribution in [3.05, 3.63) is 76.7 Å². The predicted octanol–water partition coefficient (Wildman–Crippen LogP) is 4.08. The normalized spacial score (nSPS) is 14.4. The maximum absolute atomic E-state index is 12.9. The molecule has 34 heavy (non-hydrogen) atoms. The zero-order valence-corrected chi connectivity index (χ0v) is 20.0. The summed E-state index contributed by atoms with van der Waals surface area (Å²) >= 11 is 5.86. The molecular formula is C25H27ClN6O2. The summed E-state index contributed by atoms with van der Waals surface area (Å²) in [7, 11) is 2.13. The van der Waals surface area contributed by atoms with Gasteiger partial charge in [0, 0.05) is 25.8 Å². The number of hydrogen-bond donors (Lipinski definition) is 2. The number of halogens is 1. The summed E-state index contributed by atoms with van der Waals surface area (Å²) in [6, 6.07) is 12.1. The number of benzene rings is 1. The zero-order valence-electron chi connectivity index (χ0n) is 19.2. The number of carbonyl (C=O) groups is 2. The Morgan fingerprint density at radius 3 is 2.50 bits per heavy atom. The molecule has 2 N–H and O–H groups in total. The minimum atomic E-state index is -0.386. The highest BCUT2D eigenvalue weighted by molar-refractivity contribution is 6.30. The largest absolute Gasteiger partial charge is 0.369 e. The van der Waals surface area contributed by atoms with Crippen LogP contribution in [0.3, 0.4) is 0 Å². The average Bonchev–Trinajstić information content (AvgIpc) is 3.06. The number of amides is 2. The lowest BCUT2D eigenvalue weighted by Crippen LogP contribution is -2.28. The number of nitrogens with zero attached hydrogens (tertiary/aromatic N) is 4. The van der Waals surface area contributed by atoms with E-state index in [-0.39, 0.29) is 17.5 Å². The van der Waals surface area contributed by atoms with E-state index in [4.69, 9.17) is 11.6 Å². The van der Waals surface area contributed by atoms with Crippen molar-refractivity contribution in [3.8, 4) is 0 Å². The average molecular weight is 479 g/mol. The maximum Gasteiger partial charge on any atom is 0.274 e. The monoisotopic (exact) mass is 478 g/mol. The van der Waals surface area contributed by atoms with Crippen LogP contribution >= 0.6 is 11.6 Å². The second-order valence-corrected chi connectivity index (χ2v) is 8.80. The highest BCUT2D eigenvalue weighted by atomic mass is 35.5. The summed E-state index contributed by atoms with van der Waals surface area (Å²) in [4.78, 5) is 38.9. The summed E-state index contributed by atoms with van der Waals surface area (Å²) in [5.41, 5.74) is 2.89. The molecule has 9 heteroatoms.